The van der Waals surface area contributed by atoms with E-state index in [-0.39, 0.29) is 0 Å². The van der Waals surface area contributed by atoms with Crippen LogP contribution in [0.2, 0.25) is 0 Å². The fourth-order valence-electron chi connectivity index (χ4n) is 14.8. The maximum Gasteiger partial charge on any atom is 0.101 e. The van der Waals surface area contributed by atoms with E-state index in [9.17, 15) is 0 Å². The summed E-state index contributed by atoms with van der Waals surface area (Å²) in [6.45, 7) is 18.2. The second kappa shape index (κ2) is 30.7. The average Bonchev–Trinajstić information content (AvgIpc) is 1.50. The van der Waals surface area contributed by atoms with Gasteiger partial charge in [-0.05, 0) is 279 Å². The Morgan fingerprint density at radius 1 is 0.278 bits per heavy atom. The summed E-state index contributed by atoms with van der Waals surface area (Å²) in [5, 5.41) is 14.8. The summed E-state index contributed by atoms with van der Waals surface area (Å²) in [7, 11) is 0. The first-order valence-electron chi connectivity index (χ1n) is 35.9. The highest BCUT2D eigenvalue weighted by atomic mass is 32.1. The minimum absolute atomic E-state index is 0.769. The van der Waals surface area contributed by atoms with Gasteiger partial charge in [-0.25, -0.2) is 0 Å². The summed E-state index contributed by atoms with van der Waals surface area (Å²) >= 11 is 15.4. The minimum atomic E-state index is -0.769. The number of thiophene rings is 8. The molecule has 8 aromatic heterocycles. The molecular formula is C85H92N4S8. The largest absolute Gasteiger partial charge is 0.293 e. The van der Waals surface area contributed by atoms with Crippen LogP contribution in [0.3, 0.4) is 0 Å². The summed E-state index contributed by atoms with van der Waals surface area (Å²) in [5.41, 5.74) is 17.2. The standard InChI is InChI=1S/C85H92N4S8/c1-9-13-17-21-25-61-50-84(91-56-61)89(82-48-38-68(97-82)28-24-20-16-12-4)65-35-42-72-69-39-32-62(86(77-43-29-58(6)92-77)78-44-30-59(7)93-78)51-73(69)85(76(72)54-65)74-52-63(87(80-46-36-66(95-80)26-22-18-14-10-2)81-47-37-67(96-81)27-23-19-15-11-3)33-40-70(74)71-41-34-64(53-75(71)85)88(79-45-31-60(8)94-79)83-49-57(5)55-90-83/h29-56H,9-28H2,1-8H3. The molecule has 12 aromatic rings. The molecule has 0 saturated heterocycles. The lowest BCUT2D eigenvalue weighted by Crippen LogP contribution is -2.27. The lowest BCUT2D eigenvalue weighted by Gasteiger charge is -2.34. The molecule has 12 heteroatoms. The fourth-order valence-corrected chi connectivity index (χ4v) is 22.8. The van der Waals surface area contributed by atoms with Crippen LogP contribution in [0, 0.1) is 27.7 Å². The molecule has 0 bridgehead atoms. The Balaban J connectivity index is 1.03. The van der Waals surface area contributed by atoms with Gasteiger partial charge >= 0.3 is 0 Å². The summed E-state index contributed by atoms with van der Waals surface area (Å²) in [6.07, 6.45) is 24.6. The molecule has 1 unspecified atom stereocenters. The first-order chi connectivity index (χ1) is 47.5. The lowest BCUT2D eigenvalue weighted by molar-refractivity contribution is 0.667. The van der Waals surface area contributed by atoms with E-state index in [1.807, 2.05) is 90.7 Å². The third-order valence-corrected chi connectivity index (χ3v) is 28.0. The molecule has 0 amide bonds. The molecule has 500 valence electrons. The van der Waals surface area contributed by atoms with Crippen LogP contribution in [-0.4, -0.2) is 0 Å². The zero-order valence-electron chi connectivity index (χ0n) is 57.9. The van der Waals surface area contributed by atoms with Crippen molar-refractivity contribution in [3.63, 3.8) is 0 Å². The van der Waals surface area contributed by atoms with Gasteiger partial charge in [0.05, 0.1) is 5.41 Å². The number of anilines is 12. The summed E-state index contributed by atoms with van der Waals surface area (Å²) in [6, 6.07) is 63.7. The monoisotopic (exact) mass is 1420 g/mol. The number of hydrogen-bond acceptors (Lipinski definition) is 12. The number of fused-ring (bicyclic) bond motifs is 10. The van der Waals surface area contributed by atoms with Crippen LogP contribution < -0.4 is 19.6 Å². The van der Waals surface area contributed by atoms with E-state index in [1.54, 1.807) is 0 Å². The summed E-state index contributed by atoms with van der Waals surface area (Å²) in [5.74, 6) is 0. The Labute approximate surface area is 610 Å². The van der Waals surface area contributed by atoms with E-state index in [1.165, 1.54) is 250 Å². The molecule has 97 heavy (non-hydrogen) atoms. The SMILES string of the molecule is CCCCCCc1csc(N(c2ccc3c(c2)C2(c4cc(N(c5cc(C)cs5)c5ccc(C)s5)ccc4-c4ccc(N(c5ccc(CCCCCC)s5)c5ccc(CCCCCC)s5)cc42)c2cc(N(c4ccc(C)s4)c4ccc(C)s4)ccc2-3)c2ccc(CCCCCC)s2)c1. The molecule has 8 heterocycles. The van der Waals surface area contributed by atoms with Gasteiger partial charge in [-0.15, -0.1) is 90.7 Å². The van der Waals surface area contributed by atoms with E-state index in [0.717, 1.165) is 25.7 Å². The normalized spacial score (nSPS) is 13.6. The number of nitrogens with zero attached hydrogens (tertiary/aromatic N) is 4. The first-order valence-corrected chi connectivity index (χ1v) is 42.6. The third kappa shape index (κ3) is 14.0. The van der Waals surface area contributed by atoms with Crippen molar-refractivity contribution in [2.24, 2.45) is 0 Å². The molecule has 2 aliphatic rings. The van der Waals surface area contributed by atoms with E-state index >= 15 is 0 Å². The van der Waals surface area contributed by atoms with E-state index in [2.05, 4.69) is 243 Å². The smallest absolute Gasteiger partial charge is 0.101 e. The molecule has 0 radical (unpaired) electrons. The minimum Gasteiger partial charge on any atom is -0.293 e. The van der Waals surface area contributed by atoms with E-state index in [4.69, 9.17) is 0 Å². The number of hydrogen-bond donors (Lipinski definition) is 0. The third-order valence-electron chi connectivity index (χ3n) is 19.6. The van der Waals surface area contributed by atoms with Gasteiger partial charge in [-0.2, -0.15) is 0 Å². The number of unbranched alkanes of at least 4 members (excludes halogenated alkanes) is 12. The molecule has 0 fully saturated rings. The van der Waals surface area contributed by atoms with Crippen molar-refractivity contribution in [3.05, 3.63) is 231 Å². The van der Waals surface area contributed by atoms with Crippen LogP contribution >= 0.6 is 90.7 Å². The van der Waals surface area contributed by atoms with E-state index < -0.39 is 5.41 Å². The van der Waals surface area contributed by atoms with Crippen LogP contribution in [0.15, 0.2) is 168 Å². The first kappa shape index (κ1) is 67.8. The molecular weight excluding hydrogens is 1330 g/mol. The topological polar surface area (TPSA) is 13.0 Å². The molecule has 0 aliphatic heterocycles. The molecule has 4 aromatic carbocycles. The van der Waals surface area contributed by atoms with Crippen molar-refractivity contribution in [2.75, 3.05) is 19.6 Å². The Bertz CT molecular complexity index is 4150. The molecule has 0 N–H and O–H groups in total. The van der Waals surface area contributed by atoms with Gasteiger partial charge in [0.1, 0.15) is 40.0 Å². The molecule has 1 atom stereocenters. The Morgan fingerprint density at radius 3 is 0.907 bits per heavy atom. The molecule has 14 rings (SSSR count). The quantitative estimate of drug-likeness (QED) is 0.0390. The molecule has 1 spiro atoms. The predicted octanol–water partition coefficient (Wildman–Crippen LogP) is 30.1. The van der Waals surface area contributed by atoms with Crippen molar-refractivity contribution < 1.29 is 0 Å². The highest BCUT2D eigenvalue weighted by Gasteiger charge is 2.53. The van der Waals surface area contributed by atoms with Gasteiger partial charge in [0, 0.05) is 52.0 Å². The second-order valence-electron chi connectivity index (χ2n) is 26.9. The van der Waals surface area contributed by atoms with Gasteiger partial charge in [-0.3, -0.25) is 19.6 Å². The maximum atomic E-state index is 2.66. The average molecular weight is 1430 g/mol. The molecule has 0 saturated carbocycles. The van der Waals surface area contributed by atoms with Crippen LogP contribution in [0.5, 0.6) is 0 Å². The molecule has 4 nitrogen and oxygen atoms in total. The Hall–Kier alpha value is -6.32. The van der Waals surface area contributed by atoms with Gasteiger partial charge < -0.3 is 0 Å². The maximum absolute atomic E-state index is 2.66. The summed E-state index contributed by atoms with van der Waals surface area (Å²) in [4.78, 5) is 18.7. The summed E-state index contributed by atoms with van der Waals surface area (Å²) < 4.78 is 0. The van der Waals surface area contributed by atoms with Crippen molar-refractivity contribution in [2.45, 2.75) is 189 Å². The second-order valence-corrected chi connectivity index (χ2v) is 35.9. The Morgan fingerprint density at radius 2 is 0.588 bits per heavy atom. The zero-order chi connectivity index (χ0) is 66.6. The van der Waals surface area contributed by atoms with E-state index in [0.29, 0.717) is 0 Å². The fraction of sp³-hybridized carbons (Fsp3) is 0.341. The van der Waals surface area contributed by atoms with Crippen molar-refractivity contribution in [1.82, 2.24) is 0 Å². The van der Waals surface area contributed by atoms with Crippen LogP contribution in [0.25, 0.3) is 22.3 Å². The lowest BCUT2D eigenvalue weighted by atomic mass is 9.70. The van der Waals surface area contributed by atoms with Gasteiger partial charge in [0.15, 0.2) is 0 Å². The van der Waals surface area contributed by atoms with Crippen molar-refractivity contribution >= 4 is 153 Å². The number of benzene rings is 4. The van der Waals surface area contributed by atoms with Gasteiger partial charge in [-0.1, -0.05) is 129 Å². The zero-order valence-corrected chi connectivity index (χ0v) is 64.4. The highest BCUT2D eigenvalue weighted by molar-refractivity contribution is 7.20. The van der Waals surface area contributed by atoms with Gasteiger partial charge in [0.2, 0.25) is 0 Å². The molecule has 2 aliphatic carbocycles. The van der Waals surface area contributed by atoms with Crippen molar-refractivity contribution in [1.29, 1.82) is 0 Å². The van der Waals surface area contributed by atoms with Gasteiger partial charge in [0.25, 0.3) is 0 Å². The van der Waals surface area contributed by atoms with Crippen LogP contribution in [-0.2, 0) is 31.1 Å². The van der Waals surface area contributed by atoms with Crippen molar-refractivity contribution in [3.8, 4) is 22.3 Å². The van der Waals surface area contributed by atoms with Crippen LogP contribution in [0.4, 0.5) is 62.8 Å². The predicted molar refractivity (Wildman–Crippen MR) is 435 cm³/mol. The number of aryl methyl sites for hydroxylation is 8. The Kier molecular flexibility index (Phi) is 21.4. The highest BCUT2D eigenvalue weighted by Crippen LogP contribution is 2.66. The number of rotatable bonds is 32. The van der Waals surface area contributed by atoms with Crippen LogP contribution in [0.1, 0.15) is 193 Å².